The van der Waals surface area contributed by atoms with Crippen molar-refractivity contribution in [1.82, 2.24) is 5.32 Å². The number of rotatable bonds is 5. The van der Waals surface area contributed by atoms with Gasteiger partial charge in [0.15, 0.2) is 0 Å². The van der Waals surface area contributed by atoms with Crippen LogP contribution >= 0.6 is 0 Å². The van der Waals surface area contributed by atoms with E-state index >= 15 is 0 Å². The van der Waals surface area contributed by atoms with Crippen LogP contribution in [0.2, 0.25) is 0 Å². The molecule has 1 amide bonds. The fourth-order valence-corrected chi connectivity index (χ4v) is 2.59. The molecule has 2 nitrogen and oxygen atoms in total. The molecular weight excluding hydrogens is 198 g/mol. The van der Waals surface area contributed by atoms with Crippen molar-refractivity contribution in [3.05, 3.63) is 0 Å². The highest BCUT2D eigenvalue weighted by molar-refractivity contribution is 5.82. The second kappa shape index (κ2) is 6.27. The van der Waals surface area contributed by atoms with Crippen LogP contribution in [0, 0.1) is 11.3 Å². The minimum atomic E-state index is -0.0791. The lowest BCUT2D eigenvalue weighted by Crippen LogP contribution is -2.42. The van der Waals surface area contributed by atoms with Gasteiger partial charge in [0, 0.05) is 12.0 Å². The van der Waals surface area contributed by atoms with Gasteiger partial charge in [0.25, 0.3) is 0 Å². The molecule has 0 atom stereocenters. The van der Waals surface area contributed by atoms with Crippen molar-refractivity contribution in [1.29, 1.82) is 0 Å². The van der Waals surface area contributed by atoms with Crippen molar-refractivity contribution in [2.24, 2.45) is 11.3 Å². The summed E-state index contributed by atoms with van der Waals surface area (Å²) in [4.78, 5) is 12.1. The third kappa shape index (κ3) is 3.50. The molecule has 1 saturated carbocycles. The largest absolute Gasteiger partial charge is 0.355 e. The van der Waals surface area contributed by atoms with Gasteiger partial charge in [-0.15, -0.1) is 0 Å². The molecule has 16 heavy (non-hydrogen) atoms. The van der Waals surface area contributed by atoms with Crippen molar-refractivity contribution in [2.45, 2.75) is 65.7 Å². The lowest BCUT2D eigenvalue weighted by Gasteiger charge is -2.32. The molecule has 2 heteroatoms. The molecule has 0 radical (unpaired) electrons. The van der Waals surface area contributed by atoms with Gasteiger partial charge in [-0.1, -0.05) is 52.9 Å². The quantitative estimate of drug-likeness (QED) is 0.762. The Bertz CT molecular complexity index is 215. The van der Waals surface area contributed by atoms with Gasteiger partial charge in [-0.3, -0.25) is 4.79 Å². The van der Waals surface area contributed by atoms with Gasteiger partial charge in [-0.25, -0.2) is 0 Å². The Morgan fingerprint density at radius 1 is 1.19 bits per heavy atom. The van der Waals surface area contributed by atoms with Crippen LogP contribution in [0.4, 0.5) is 0 Å². The van der Waals surface area contributed by atoms with E-state index in [4.69, 9.17) is 0 Å². The molecule has 0 aromatic rings. The highest BCUT2D eigenvalue weighted by atomic mass is 16.2. The first-order valence-electron chi connectivity index (χ1n) is 6.90. The Hall–Kier alpha value is -0.530. The van der Waals surface area contributed by atoms with Crippen LogP contribution in [0.3, 0.4) is 0 Å². The zero-order valence-corrected chi connectivity index (χ0v) is 11.1. The molecule has 1 aliphatic carbocycles. The molecule has 1 aliphatic rings. The molecule has 1 N–H and O–H groups in total. The average Bonchev–Trinajstić information content (AvgIpc) is 2.31. The molecule has 0 spiro atoms. The summed E-state index contributed by atoms with van der Waals surface area (Å²) in [6, 6.07) is 0. The first-order valence-corrected chi connectivity index (χ1v) is 6.90. The molecule has 0 aromatic carbocycles. The van der Waals surface area contributed by atoms with E-state index in [-0.39, 0.29) is 5.41 Å². The number of amides is 1. The second-order valence-corrected chi connectivity index (χ2v) is 5.51. The van der Waals surface area contributed by atoms with Crippen LogP contribution in [0.25, 0.3) is 0 Å². The number of nitrogens with one attached hydrogen (secondary N) is 1. The molecule has 0 aliphatic heterocycles. The molecule has 0 saturated heterocycles. The standard InChI is InChI=1S/C14H27NO/c1-4-12(5-2)11-15-13(16)14(3)9-7-6-8-10-14/h12H,4-11H2,1-3H3,(H,15,16). The summed E-state index contributed by atoms with van der Waals surface area (Å²) in [7, 11) is 0. The van der Waals surface area contributed by atoms with Crippen molar-refractivity contribution in [3.8, 4) is 0 Å². The highest BCUT2D eigenvalue weighted by Gasteiger charge is 2.34. The Labute approximate surface area is 100 Å². The van der Waals surface area contributed by atoms with Crippen LogP contribution in [0.5, 0.6) is 0 Å². The molecule has 0 heterocycles. The maximum atomic E-state index is 12.1. The highest BCUT2D eigenvalue weighted by Crippen LogP contribution is 2.35. The summed E-state index contributed by atoms with van der Waals surface area (Å²) < 4.78 is 0. The first-order chi connectivity index (χ1) is 7.62. The third-order valence-corrected chi connectivity index (χ3v) is 4.21. The number of carbonyl (C=O) groups excluding carboxylic acids is 1. The van der Waals surface area contributed by atoms with E-state index in [0.717, 1.165) is 32.2 Å². The fraction of sp³-hybridized carbons (Fsp3) is 0.929. The van der Waals surface area contributed by atoms with E-state index in [9.17, 15) is 4.79 Å². The Morgan fingerprint density at radius 3 is 2.25 bits per heavy atom. The lowest BCUT2D eigenvalue weighted by molar-refractivity contribution is -0.132. The van der Waals surface area contributed by atoms with Gasteiger partial charge in [0.1, 0.15) is 0 Å². The zero-order chi connectivity index (χ0) is 12.0. The van der Waals surface area contributed by atoms with E-state index < -0.39 is 0 Å². The molecule has 1 rings (SSSR count). The van der Waals surface area contributed by atoms with Crippen molar-refractivity contribution in [2.75, 3.05) is 6.54 Å². The van der Waals surface area contributed by atoms with E-state index in [1.807, 2.05) is 0 Å². The summed E-state index contributed by atoms with van der Waals surface area (Å²) >= 11 is 0. The number of hydrogen-bond donors (Lipinski definition) is 1. The number of carbonyl (C=O) groups is 1. The van der Waals surface area contributed by atoms with Gasteiger partial charge < -0.3 is 5.32 Å². The lowest BCUT2D eigenvalue weighted by atomic mass is 9.75. The predicted octanol–water partition coefficient (Wildman–Crippen LogP) is 3.51. The van der Waals surface area contributed by atoms with E-state index in [1.54, 1.807) is 0 Å². The summed E-state index contributed by atoms with van der Waals surface area (Å²) in [6.07, 6.45) is 8.20. The topological polar surface area (TPSA) is 29.1 Å². The SMILES string of the molecule is CCC(CC)CNC(=O)C1(C)CCCCC1. The summed E-state index contributed by atoms with van der Waals surface area (Å²) in [5.74, 6) is 0.940. The predicted molar refractivity (Wildman–Crippen MR) is 68.3 cm³/mol. The average molecular weight is 225 g/mol. The molecular formula is C14H27NO. The number of hydrogen-bond acceptors (Lipinski definition) is 1. The summed E-state index contributed by atoms with van der Waals surface area (Å²) in [6.45, 7) is 7.39. The van der Waals surface area contributed by atoms with Crippen LogP contribution in [0.15, 0.2) is 0 Å². The molecule has 94 valence electrons. The first kappa shape index (κ1) is 13.5. The van der Waals surface area contributed by atoms with Crippen LogP contribution in [-0.4, -0.2) is 12.5 Å². The van der Waals surface area contributed by atoms with Gasteiger partial charge >= 0.3 is 0 Å². The maximum absolute atomic E-state index is 12.1. The Balaban J connectivity index is 2.38. The van der Waals surface area contributed by atoms with E-state index in [2.05, 4.69) is 26.1 Å². The smallest absolute Gasteiger partial charge is 0.225 e. The zero-order valence-electron chi connectivity index (χ0n) is 11.1. The molecule has 0 unspecified atom stereocenters. The normalized spacial score (nSPS) is 19.8. The monoisotopic (exact) mass is 225 g/mol. The maximum Gasteiger partial charge on any atom is 0.225 e. The Kier molecular flexibility index (Phi) is 5.30. The molecule has 0 bridgehead atoms. The van der Waals surface area contributed by atoms with Gasteiger partial charge in [0.05, 0.1) is 0 Å². The van der Waals surface area contributed by atoms with Crippen molar-refractivity contribution in [3.63, 3.8) is 0 Å². The second-order valence-electron chi connectivity index (χ2n) is 5.51. The van der Waals surface area contributed by atoms with Crippen molar-refractivity contribution < 1.29 is 4.79 Å². The Morgan fingerprint density at radius 2 is 1.75 bits per heavy atom. The van der Waals surface area contributed by atoms with E-state index in [1.165, 1.54) is 19.3 Å². The summed E-state index contributed by atoms with van der Waals surface area (Å²) in [5, 5.41) is 3.16. The summed E-state index contributed by atoms with van der Waals surface area (Å²) in [5.41, 5.74) is -0.0791. The van der Waals surface area contributed by atoms with E-state index in [0.29, 0.717) is 11.8 Å². The minimum absolute atomic E-state index is 0.0791. The van der Waals surface area contributed by atoms with Gasteiger partial charge in [-0.2, -0.15) is 0 Å². The van der Waals surface area contributed by atoms with Crippen LogP contribution in [0.1, 0.15) is 65.7 Å². The molecule has 1 fully saturated rings. The van der Waals surface area contributed by atoms with Crippen LogP contribution in [-0.2, 0) is 4.79 Å². The van der Waals surface area contributed by atoms with Gasteiger partial charge in [-0.05, 0) is 18.8 Å². The minimum Gasteiger partial charge on any atom is -0.355 e. The van der Waals surface area contributed by atoms with Crippen LogP contribution < -0.4 is 5.32 Å². The van der Waals surface area contributed by atoms with Crippen molar-refractivity contribution >= 4 is 5.91 Å². The third-order valence-electron chi connectivity index (χ3n) is 4.21. The van der Waals surface area contributed by atoms with Gasteiger partial charge in [0.2, 0.25) is 5.91 Å². The molecule has 0 aromatic heterocycles. The fourth-order valence-electron chi connectivity index (χ4n) is 2.59.